The second-order valence-corrected chi connectivity index (χ2v) is 8.92. The SMILES string of the molecule is COc1ccc(N(CC(O)CN2CCCCC2)S(=O)(=O)c2ccccc2)cc1. The van der Waals surface area contributed by atoms with E-state index in [1.807, 2.05) is 0 Å². The number of piperidine rings is 1. The molecule has 0 radical (unpaired) electrons. The van der Waals surface area contributed by atoms with E-state index in [0.29, 0.717) is 18.0 Å². The van der Waals surface area contributed by atoms with E-state index in [1.54, 1.807) is 61.7 Å². The number of ether oxygens (including phenoxy) is 1. The Balaban J connectivity index is 1.85. The van der Waals surface area contributed by atoms with Crippen molar-refractivity contribution in [1.82, 2.24) is 4.90 Å². The number of anilines is 1. The summed E-state index contributed by atoms with van der Waals surface area (Å²) in [6.45, 7) is 2.37. The van der Waals surface area contributed by atoms with Crippen LogP contribution in [0.4, 0.5) is 5.69 Å². The molecule has 0 spiro atoms. The first-order valence-electron chi connectivity index (χ1n) is 9.63. The highest BCUT2D eigenvalue weighted by Crippen LogP contribution is 2.26. The van der Waals surface area contributed by atoms with Gasteiger partial charge >= 0.3 is 0 Å². The molecule has 1 aliphatic rings. The fraction of sp³-hybridized carbons (Fsp3) is 0.429. The van der Waals surface area contributed by atoms with E-state index < -0.39 is 16.1 Å². The largest absolute Gasteiger partial charge is 0.497 e. The molecule has 1 heterocycles. The van der Waals surface area contributed by atoms with Gasteiger partial charge in [0.1, 0.15) is 5.75 Å². The monoisotopic (exact) mass is 404 g/mol. The van der Waals surface area contributed by atoms with Gasteiger partial charge in [0.05, 0.1) is 30.3 Å². The fourth-order valence-corrected chi connectivity index (χ4v) is 5.02. The average Bonchev–Trinajstić information content (AvgIpc) is 2.73. The maximum atomic E-state index is 13.3. The number of nitrogens with zero attached hydrogens (tertiary/aromatic N) is 2. The van der Waals surface area contributed by atoms with Crippen LogP contribution in [-0.4, -0.2) is 57.8 Å². The Morgan fingerprint density at radius 1 is 1.04 bits per heavy atom. The Hall–Kier alpha value is -2.09. The molecule has 1 saturated heterocycles. The second-order valence-electron chi connectivity index (χ2n) is 7.06. The van der Waals surface area contributed by atoms with Gasteiger partial charge in [0, 0.05) is 6.54 Å². The lowest BCUT2D eigenvalue weighted by Crippen LogP contribution is -2.44. The minimum atomic E-state index is -3.80. The molecule has 7 heteroatoms. The van der Waals surface area contributed by atoms with Gasteiger partial charge in [-0.25, -0.2) is 8.42 Å². The van der Waals surface area contributed by atoms with Crippen molar-refractivity contribution in [2.24, 2.45) is 0 Å². The van der Waals surface area contributed by atoms with Crippen LogP contribution in [0.1, 0.15) is 19.3 Å². The average molecular weight is 405 g/mol. The molecule has 6 nitrogen and oxygen atoms in total. The highest BCUT2D eigenvalue weighted by atomic mass is 32.2. The number of rotatable bonds is 8. The number of hydrogen-bond donors (Lipinski definition) is 1. The lowest BCUT2D eigenvalue weighted by molar-refractivity contribution is 0.107. The molecule has 0 saturated carbocycles. The highest BCUT2D eigenvalue weighted by Gasteiger charge is 2.28. The number of hydrogen-bond acceptors (Lipinski definition) is 5. The van der Waals surface area contributed by atoms with E-state index in [2.05, 4.69) is 4.90 Å². The zero-order chi connectivity index (χ0) is 20.0. The third-order valence-corrected chi connectivity index (χ3v) is 6.79. The van der Waals surface area contributed by atoms with Crippen LogP contribution < -0.4 is 9.04 Å². The van der Waals surface area contributed by atoms with E-state index >= 15 is 0 Å². The van der Waals surface area contributed by atoms with Crippen LogP contribution in [0.2, 0.25) is 0 Å². The molecule has 0 amide bonds. The van der Waals surface area contributed by atoms with Crippen molar-refractivity contribution in [3.05, 3.63) is 54.6 Å². The number of β-amino-alcohol motifs (C(OH)–C–C–N with tert-alkyl or cyclic N) is 1. The first kappa shape index (κ1) is 20.6. The van der Waals surface area contributed by atoms with Crippen molar-refractivity contribution >= 4 is 15.7 Å². The lowest BCUT2D eigenvalue weighted by atomic mass is 10.1. The number of likely N-dealkylation sites (tertiary alicyclic amines) is 1. The number of aliphatic hydroxyl groups is 1. The zero-order valence-electron chi connectivity index (χ0n) is 16.2. The van der Waals surface area contributed by atoms with Crippen molar-refractivity contribution in [3.8, 4) is 5.75 Å². The Morgan fingerprint density at radius 3 is 2.29 bits per heavy atom. The maximum Gasteiger partial charge on any atom is 0.264 e. The normalized spacial score (nSPS) is 16.5. The van der Waals surface area contributed by atoms with Crippen LogP contribution in [0.3, 0.4) is 0 Å². The van der Waals surface area contributed by atoms with Crippen molar-refractivity contribution in [2.75, 3.05) is 37.6 Å². The standard InChI is InChI=1S/C21H28N2O4S/c1-27-20-12-10-18(11-13-20)23(28(25,26)21-8-4-2-5-9-21)17-19(24)16-22-14-6-3-7-15-22/h2,4-5,8-13,19,24H,3,6-7,14-17H2,1H3. The molecule has 1 aliphatic heterocycles. The topological polar surface area (TPSA) is 70.1 Å². The molecule has 152 valence electrons. The zero-order valence-corrected chi connectivity index (χ0v) is 17.0. The fourth-order valence-electron chi connectivity index (χ4n) is 3.50. The number of benzene rings is 2. The molecule has 0 aromatic heterocycles. The lowest BCUT2D eigenvalue weighted by Gasteiger charge is -2.31. The van der Waals surface area contributed by atoms with Crippen molar-refractivity contribution in [2.45, 2.75) is 30.3 Å². The Bertz CT molecular complexity index is 834. The number of sulfonamides is 1. The molecule has 1 atom stereocenters. The van der Waals surface area contributed by atoms with E-state index in [-0.39, 0.29) is 11.4 Å². The van der Waals surface area contributed by atoms with Gasteiger partial charge < -0.3 is 14.7 Å². The molecular formula is C21H28N2O4S. The molecule has 0 bridgehead atoms. The van der Waals surface area contributed by atoms with Gasteiger partial charge in [-0.3, -0.25) is 4.31 Å². The van der Waals surface area contributed by atoms with Crippen LogP contribution in [0.15, 0.2) is 59.5 Å². The molecule has 1 fully saturated rings. The van der Waals surface area contributed by atoms with Crippen LogP contribution in [-0.2, 0) is 10.0 Å². The van der Waals surface area contributed by atoms with Crippen LogP contribution in [0.25, 0.3) is 0 Å². The maximum absolute atomic E-state index is 13.3. The van der Waals surface area contributed by atoms with Crippen LogP contribution in [0, 0.1) is 0 Å². The molecular weight excluding hydrogens is 376 g/mol. The predicted octanol–water partition coefficient (Wildman–Crippen LogP) is 2.74. The Labute approximate surface area is 167 Å². The van der Waals surface area contributed by atoms with Crippen LogP contribution in [0.5, 0.6) is 5.75 Å². The minimum Gasteiger partial charge on any atom is -0.497 e. The van der Waals surface area contributed by atoms with Gasteiger partial charge in [0.25, 0.3) is 10.0 Å². The molecule has 0 aliphatic carbocycles. The summed E-state index contributed by atoms with van der Waals surface area (Å²) in [5.74, 6) is 0.648. The summed E-state index contributed by atoms with van der Waals surface area (Å²) in [6.07, 6.45) is 2.68. The third kappa shape index (κ3) is 5.04. The molecule has 3 rings (SSSR count). The second kappa shape index (κ2) is 9.41. The van der Waals surface area contributed by atoms with Crippen molar-refractivity contribution in [3.63, 3.8) is 0 Å². The molecule has 28 heavy (non-hydrogen) atoms. The minimum absolute atomic E-state index is 0.0000560. The summed E-state index contributed by atoms with van der Waals surface area (Å²) in [5.41, 5.74) is 0.502. The van der Waals surface area contributed by atoms with E-state index in [9.17, 15) is 13.5 Å². The summed E-state index contributed by atoms with van der Waals surface area (Å²) in [6, 6.07) is 15.2. The summed E-state index contributed by atoms with van der Waals surface area (Å²) >= 11 is 0. The predicted molar refractivity (Wildman–Crippen MR) is 110 cm³/mol. The van der Waals surface area contributed by atoms with E-state index in [0.717, 1.165) is 25.9 Å². The van der Waals surface area contributed by atoms with Gasteiger partial charge in [-0.05, 0) is 62.3 Å². The first-order chi connectivity index (χ1) is 13.5. The van der Waals surface area contributed by atoms with Gasteiger partial charge in [-0.1, -0.05) is 24.6 Å². The number of methoxy groups -OCH3 is 1. The van der Waals surface area contributed by atoms with Crippen molar-refractivity contribution in [1.29, 1.82) is 0 Å². The van der Waals surface area contributed by atoms with Gasteiger partial charge in [-0.15, -0.1) is 0 Å². The summed E-state index contributed by atoms with van der Waals surface area (Å²) in [4.78, 5) is 2.41. The summed E-state index contributed by atoms with van der Waals surface area (Å²) in [7, 11) is -2.23. The highest BCUT2D eigenvalue weighted by molar-refractivity contribution is 7.92. The summed E-state index contributed by atoms with van der Waals surface area (Å²) in [5, 5.41) is 10.7. The molecule has 1 unspecified atom stereocenters. The quantitative estimate of drug-likeness (QED) is 0.733. The Morgan fingerprint density at radius 2 is 1.68 bits per heavy atom. The van der Waals surface area contributed by atoms with Crippen molar-refractivity contribution < 1.29 is 18.3 Å². The molecule has 1 N–H and O–H groups in total. The third-order valence-electron chi connectivity index (χ3n) is 4.99. The Kier molecular flexibility index (Phi) is 6.93. The summed E-state index contributed by atoms with van der Waals surface area (Å²) < 4.78 is 33.0. The van der Waals surface area contributed by atoms with Gasteiger partial charge in [-0.2, -0.15) is 0 Å². The van der Waals surface area contributed by atoms with E-state index in [1.165, 1.54) is 10.7 Å². The molecule has 2 aromatic rings. The first-order valence-corrected chi connectivity index (χ1v) is 11.1. The smallest absolute Gasteiger partial charge is 0.264 e. The van der Waals surface area contributed by atoms with Gasteiger partial charge in [0.2, 0.25) is 0 Å². The van der Waals surface area contributed by atoms with Crippen LogP contribution >= 0.6 is 0 Å². The van der Waals surface area contributed by atoms with Gasteiger partial charge in [0.15, 0.2) is 0 Å². The number of aliphatic hydroxyl groups excluding tert-OH is 1. The molecule has 2 aromatic carbocycles. The van der Waals surface area contributed by atoms with E-state index in [4.69, 9.17) is 4.74 Å².